The third-order valence-corrected chi connectivity index (χ3v) is 7.52. The summed E-state index contributed by atoms with van der Waals surface area (Å²) in [5, 5.41) is 14.5. The number of primary amides is 1. The Morgan fingerprint density at radius 3 is 2.33 bits per heavy atom. The van der Waals surface area contributed by atoms with Gasteiger partial charge in [-0.2, -0.15) is 0 Å². The summed E-state index contributed by atoms with van der Waals surface area (Å²) in [5.41, 5.74) is 5.44. The maximum absolute atomic E-state index is 13.2. The normalized spacial score (nSPS) is 30.5. The van der Waals surface area contributed by atoms with Crippen molar-refractivity contribution in [1.29, 1.82) is 0 Å². The highest BCUT2D eigenvalue weighted by atomic mass is 16.3. The highest BCUT2D eigenvalue weighted by Gasteiger charge is 2.56. The number of carbonyl (C=O) groups is 2. The van der Waals surface area contributed by atoms with Crippen LogP contribution >= 0.6 is 0 Å². The van der Waals surface area contributed by atoms with Gasteiger partial charge in [0, 0.05) is 12.1 Å². The molecule has 164 valence electrons. The second-order valence-electron chi connectivity index (χ2n) is 9.47. The van der Waals surface area contributed by atoms with Crippen LogP contribution in [0, 0.1) is 0 Å². The molecule has 0 bridgehead atoms. The van der Waals surface area contributed by atoms with Crippen LogP contribution in [0.1, 0.15) is 57.4 Å². The lowest BCUT2D eigenvalue weighted by Crippen LogP contribution is -2.59. The molecule has 3 fully saturated rings. The predicted octanol–water partition coefficient (Wildman–Crippen LogP) is 1.94. The van der Waals surface area contributed by atoms with E-state index in [0.717, 1.165) is 51.5 Å². The van der Waals surface area contributed by atoms with Crippen molar-refractivity contribution in [2.75, 3.05) is 26.2 Å². The van der Waals surface area contributed by atoms with E-state index in [2.05, 4.69) is 36.5 Å². The molecule has 1 aromatic rings. The smallest absolute Gasteiger partial charge is 0.321 e. The van der Waals surface area contributed by atoms with Crippen LogP contribution in [0.2, 0.25) is 0 Å². The Morgan fingerprint density at radius 2 is 1.80 bits per heavy atom. The number of nitrogens with two attached hydrogens (primary N) is 1. The molecule has 30 heavy (non-hydrogen) atoms. The molecule has 2 saturated carbocycles. The van der Waals surface area contributed by atoms with Crippen LogP contribution in [-0.2, 0) is 10.3 Å². The molecule has 1 aliphatic heterocycles. The van der Waals surface area contributed by atoms with E-state index in [-0.39, 0.29) is 23.7 Å². The largest absolute Gasteiger partial charge is 0.388 e. The number of nitrogens with zero attached hydrogens (tertiary/aromatic N) is 2. The molecule has 4 rings (SSSR count). The fourth-order valence-electron chi connectivity index (χ4n) is 5.70. The van der Waals surface area contributed by atoms with Gasteiger partial charge in [0.15, 0.2) is 0 Å². The maximum atomic E-state index is 13.2. The third kappa shape index (κ3) is 3.69. The minimum atomic E-state index is -0.791. The Kier molecular flexibility index (Phi) is 5.53. The van der Waals surface area contributed by atoms with E-state index in [4.69, 9.17) is 5.73 Å². The number of β-amino-alcohol motifs (C(OH)–C–C–N with tert-alkyl or cyclic N) is 1. The number of urea groups is 1. The highest BCUT2D eigenvalue weighted by molar-refractivity contribution is 5.85. The van der Waals surface area contributed by atoms with E-state index in [1.807, 2.05) is 11.0 Å². The van der Waals surface area contributed by atoms with Crippen molar-refractivity contribution < 1.29 is 14.7 Å². The van der Waals surface area contributed by atoms with Crippen molar-refractivity contribution in [3.8, 4) is 0 Å². The minimum Gasteiger partial charge on any atom is -0.388 e. The van der Waals surface area contributed by atoms with Crippen LogP contribution in [0.5, 0.6) is 0 Å². The average Bonchev–Trinajstić information content (AvgIpc) is 2.94. The van der Waals surface area contributed by atoms with Gasteiger partial charge in [0.25, 0.3) is 0 Å². The standard InChI is InChI=1S/C23H34N4O3/c1-2-25-23(18-7-4-3-5-8-18)13-11-21(12-14-23)16-26(15-19(24)28)20(29)27(21)17-22(30)9-6-10-22/h3-5,7-8,25,30H,2,6,9-17H2,1H3,(H2,24,28). The van der Waals surface area contributed by atoms with Crippen LogP contribution < -0.4 is 11.1 Å². The van der Waals surface area contributed by atoms with E-state index in [1.165, 1.54) is 5.56 Å². The SMILES string of the molecule is CCNC1(c2ccccc2)CCC2(CC1)CN(CC(N)=O)C(=O)N2CC1(O)CCC1. The second-order valence-corrected chi connectivity index (χ2v) is 9.47. The number of carbonyl (C=O) groups excluding carboxylic acids is 2. The predicted molar refractivity (Wildman–Crippen MR) is 115 cm³/mol. The topological polar surface area (TPSA) is 98.9 Å². The maximum Gasteiger partial charge on any atom is 0.321 e. The summed E-state index contributed by atoms with van der Waals surface area (Å²) in [4.78, 5) is 28.2. The van der Waals surface area contributed by atoms with Gasteiger partial charge in [0.1, 0.15) is 6.54 Å². The molecule has 7 heteroatoms. The zero-order valence-corrected chi connectivity index (χ0v) is 17.9. The molecule has 3 amide bonds. The molecule has 1 heterocycles. The van der Waals surface area contributed by atoms with Crippen LogP contribution in [0.4, 0.5) is 4.79 Å². The van der Waals surface area contributed by atoms with Gasteiger partial charge >= 0.3 is 6.03 Å². The van der Waals surface area contributed by atoms with Crippen molar-refractivity contribution in [3.63, 3.8) is 0 Å². The molecular weight excluding hydrogens is 380 g/mol. The lowest BCUT2D eigenvalue weighted by atomic mass is 9.68. The molecule has 1 spiro atoms. The second kappa shape index (κ2) is 7.85. The minimum absolute atomic E-state index is 0.0629. The van der Waals surface area contributed by atoms with Crippen LogP contribution in [0.3, 0.4) is 0 Å². The van der Waals surface area contributed by atoms with Gasteiger partial charge in [-0.1, -0.05) is 37.3 Å². The molecule has 0 unspecified atom stereocenters. The molecule has 2 aliphatic carbocycles. The van der Waals surface area contributed by atoms with Gasteiger partial charge in [0.05, 0.1) is 17.7 Å². The summed E-state index contributed by atoms with van der Waals surface area (Å²) in [7, 11) is 0. The van der Waals surface area contributed by atoms with Crippen molar-refractivity contribution in [2.45, 2.75) is 68.5 Å². The first kappa shape index (κ1) is 21.1. The van der Waals surface area contributed by atoms with Crippen molar-refractivity contribution >= 4 is 11.9 Å². The summed E-state index contributed by atoms with van der Waals surface area (Å²) in [6.45, 7) is 3.79. The molecule has 0 aromatic heterocycles. The zero-order valence-electron chi connectivity index (χ0n) is 17.9. The number of aliphatic hydroxyl groups is 1. The monoisotopic (exact) mass is 414 g/mol. The van der Waals surface area contributed by atoms with Gasteiger partial charge in [-0.25, -0.2) is 4.79 Å². The van der Waals surface area contributed by atoms with Gasteiger partial charge in [-0.15, -0.1) is 0 Å². The molecule has 0 radical (unpaired) electrons. The van der Waals surface area contributed by atoms with Crippen LogP contribution in [0.15, 0.2) is 30.3 Å². The molecule has 3 aliphatic rings. The fraction of sp³-hybridized carbons (Fsp3) is 0.652. The first-order valence-corrected chi connectivity index (χ1v) is 11.2. The van der Waals surface area contributed by atoms with E-state index in [9.17, 15) is 14.7 Å². The van der Waals surface area contributed by atoms with E-state index in [0.29, 0.717) is 13.1 Å². The summed E-state index contributed by atoms with van der Waals surface area (Å²) < 4.78 is 0. The summed E-state index contributed by atoms with van der Waals surface area (Å²) in [6.07, 6.45) is 5.91. The van der Waals surface area contributed by atoms with Crippen molar-refractivity contribution in [2.24, 2.45) is 5.73 Å². The first-order chi connectivity index (χ1) is 14.3. The van der Waals surface area contributed by atoms with Gasteiger partial charge in [-0.3, -0.25) is 4.79 Å². The highest BCUT2D eigenvalue weighted by Crippen LogP contribution is 2.48. The zero-order chi connectivity index (χ0) is 21.4. The summed E-state index contributed by atoms with van der Waals surface area (Å²) in [6, 6.07) is 10.4. The van der Waals surface area contributed by atoms with Gasteiger partial charge in [-0.05, 0) is 57.1 Å². The fourth-order valence-corrected chi connectivity index (χ4v) is 5.70. The van der Waals surface area contributed by atoms with E-state index >= 15 is 0 Å². The molecular formula is C23H34N4O3. The molecule has 1 saturated heterocycles. The number of nitrogens with one attached hydrogen (secondary N) is 1. The Bertz CT molecular complexity index is 785. The van der Waals surface area contributed by atoms with Gasteiger partial charge < -0.3 is 26.0 Å². The van der Waals surface area contributed by atoms with Gasteiger partial charge in [0.2, 0.25) is 5.91 Å². The number of rotatable bonds is 7. The average molecular weight is 415 g/mol. The lowest BCUT2D eigenvalue weighted by molar-refractivity contribution is -0.118. The Morgan fingerprint density at radius 1 is 1.13 bits per heavy atom. The number of amides is 3. The molecule has 1 aromatic carbocycles. The summed E-state index contributed by atoms with van der Waals surface area (Å²) in [5.74, 6) is -0.496. The summed E-state index contributed by atoms with van der Waals surface area (Å²) >= 11 is 0. The number of hydrogen-bond acceptors (Lipinski definition) is 4. The van der Waals surface area contributed by atoms with Crippen LogP contribution in [0.25, 0.3) is 0 Å². The molecule has 4 N–H and O–H groups in total. The Balaban J connectivity index is 1.59. The van der Waals surface area contributed by atoms with E-state index in [1.54, 1.807) is 4.90 Å². The molecule has 0 atom stereocenters. The van der Waals surface area contributed by atoms with Crippen LogP contribution in [-0.4, -0.2) is 64.2 Å². The third-order valence-electron chi connectivity index (χ3n) is 7.52. The first-order valence-electron chi connectivity index (χ1n) is 11.2. The number of hydrogen-bond donors (Lipinski definition) is 3. The Labute approximate surface area is 178 Å². The number of benzene rings is 1. The van der Waals surface area contributed by atoms with Crippen molar-refractivity contribution in [1.82, 2.24) is 15.1 Å². The lowest BCUT2D eigenvalue weighted by Gasteiger charge is -2.51. The van der Waals surface area contributed by atoms with Crippen molar-refractivity contribution in [3.05, 3.63) is 35.9 Å². The quantitative estimate of drug-likeness (QED) is 0.635. The Hall–Kier alpha value is -2.12. The molecule has 7 nitrogen and oxygen atoms in total. The van der Waals surface area contributed by atoms with E-state index < -0.39 is 11.5 Å².